The highest BCUT2D eigenvalue weighted by Crippen LogP contribution is 2.23. The number of fused-ring (bicyclic) bond motifs is 1. The van der Waals surface area contributed by atoms with Crippen molar-refractivity contribution < 1.29 is 13.9 Å². The fourth-order valence-corrected chi connectivity index (χ4v) is 2.25. The molecule has 2 rings (SSSR count). The van der Waals surface area contributed by atoms with E-state index in [-0.39, 0.29) is 18.3 Å². The lowest BCUT2D eigenvalue weighted by Gasteiger charge is -2.04. The van der Waals surface area contributed by atoms with Crippen LogP contribution < -0.4 is 0 Å². The van der Waals surface area contributed by atoms with Gasteiger partial charge in [-0.3, -0.25) is 4.79 Å². The van der Waals surface area contributed by atoms with E-state index in [1.807, 2.05) is 0 Å². The predicted molar refractivity (Wildman–Crippen MR) is 71.4 cm³/mol. The monoisotopic (exact) mass is 332 g/mol. The van der Waals surface area contributed by atoms with Crippen LogP contribution in [0.3, 0.4) is 0 Å². The van der Waals surface area contributed by atoms with Crippen LogP contribution in [0.2, 0.25) is 0 Å². The zero-order valence-electron chi connectivity index (χ0n) is 9.50. The first-order valence-electron chi connectivity index (χ1n) is 5.26. The molecule has 0 radical (unpaired) electrons. The summed E-state index contributed by atoms with van der Waals surface area (Å²) in [4.78, 5) is 14.3. The Kier molecular flexibility index (Phi) is 3.82. The first-order valence-corrected chi connectivity index (χ1v) is 6.46. The Morgan fingerprint density at radius 1 is 1.61 bits per heavy atom. The van der Waals surface area contributed by atoms with Crippen LogP contribution in [-0.4, -0.2) is 22.1 Å². The predicted octanol–water partition coefficient (Wildman–Crippen LogP) is 3.16. The van der Waals surface area contributed by atoms with E-state index in [1.165, 1.54) is 6.07 Å². The maximum absolute atomic E-state index is 13.4. The van der Waals surface area contributed by atoms with Crippen LogP contribution in [0, 0.1) is 10.6 Å². The highest BCUT2D eigenvalue weighted by molar-refractivity contribution is 9.10. The van der Waals surface area contributed by atoms with Crippen molar-refractivity contribution >= 4 is 45.2 Å². The molecule has 0 spiro atoms. The minimum Gasteiger partial charge on any atom is -0.465 e. The molecule has 96 valence electrons. The molecular weight excluding hydrogens is 323 g/mol. The van der Waals surface area contributed by atoms with E-state index < -0.39 is 0 Å². The number of nitrogens with zero attached hydrogens (tertiary/aromatic N) is 1. The smallest absolute Gasteiger partial charge is 0.326 e. The lowest BCUT2D eigenvalue weighted by atomic mass is 10.3. The van der Waals surface area contributed by atoms with Crippen molar-refractivity contribution in [2.75, 3.05) is 6.61 Å². The number of nitrogens with one attached hydrogen (secondary N) is 1. The van der Waals surface area contributed by atoms with Gasteiger partial charge in [0.05, 0.1) is 22.1 Å². The van der Waals surface area contributed by atoms with E-state index in [9.17, 15) is 9.18 Å². The molecule has 0 aliphatic rings. The first kappa shape index (κ1) is 13.2. The average Bonchev–Trinajstić information content (AvgIpc) is 2.57. The first-order chi connectivity index (χ1) is 8.52. The highest BCUT2D eigenvalue weighted by Gasteiger charge is 2.12. The molecule has 18 heavy (non-hydrogen) atoms. The third-order valence-corrected chi connectivity index (χ3v) is 3.34. The maximum Gasteiger partial charge on any atom is 0.326 e. The van der Waals surface area contributed by atoms with Crippen LogP contribution in [0.4, 0.5) is 4.39 Å². The molecule has 1 aromatic carbocycles. The molecule has 1 aromatic heterocycles. The zero-order chi connectivity index (χ0) is 13.3. The fraction of sp³-hybridized carbons (Fsp3) is 0.273. The molecule has 4 nitrogen and oxygen atoms in total. The number of hydrogen-bond acceptors (Lipinski definition) is 3. The zero-order valence-corrected chi connectivity index (χ0v) is 11.9. The number of imidazole rings is 1. The Bertz CT molecular complexity index is 665. The van der Waals surface area contributed by atoms with Gasteiger partial charge in [0, 0.05) is 6.07 Å². The number of benzene rings is 1. The second kappa shape index (κ2) is 5.19. The number of aromatic nitrogens is 2. The van der Waals surface area contributed by atoms with Crippen molar-refractivity contribution in [1.29, 1.82) is 0 Å². The molecule has 2 aromatic rings. The molecule has 0 saturated carbocycles. The van der Waals surface area contributed by atoms with Crippen molar-refractivity contribution in [3.8, 4) is 0 Å². The van der Waals surface area contributed by atoms with Gasteiger partial charge in [0.2, 0.25) is 0 Å². The van der Waals surface area contributed by atoms with Crippen LogP contribution >= 0.6 is 28.1 Å². The van der Waals surface area contributed by atoms with Crippen LogP contribution in [-0.2, 0) is 16.1 Å². The SMILES string of the molecule is CCOC(=O)Cn1c(=S)[nH]c2cc(F)c(Br)cc21. The van der Waals surface area contributed by atoms with E-state index in [0.717, 1.165) is 0 Å². The number of hydrogen-bond donors (Lipinski definition) is 1. The Hall–Kier alpha value is -1.21. The summed E-state index contributed by atoms with van der Waals surface area (Å²) < 4.78 is 20.5. The molecule has 0 amide bonds. The van der Waals surface area contributed by atoms with Gasteiger partial charge in [-0.25, -0.2) is 4.39 Å². The van der Waals surface area contributed by atoms with Crippen molar-refractivity contribution in [2.45, 2.75) is 13.5 Å². The summed E-state index contributed by atoms with van der Waals surface area (Å²) in [5.74, 6) is -0.767. The van der Waals surface area contributed by atoms with E-state index in [1.54, 1.807) is 17.6 Å². The van der Waals surface area contributed by atoms with Gasteiger partial charge in [0.15, 0.2) is 4.77 Å². The van der Waals surface area contributed by atoms with Crippen molar-refractivity contribution in [1.82, 2.24) is 9.55 Å². The molecular formula is C11H10BrFN2O2S. The second-order valence-electron chi connectivity index (χ2n) is 3.60. The van der Waals surface area contributed by atoms with Crippen molar-refractivity contribution in [3.05, 3.63) is 27.2 Å². The van der Waals surface area contributed by atoms with Gasteiger partial charge in [0.1, 0.15) is 12.4 Å². The number of rotatable bonds is 3. The van der Waals surface area contributed by atoms with E-state index >= 15 is 0 Å². The average molecular weight is 333 g/mol. The van der Waals surface area contributed by atoms with Gasteiger partial charge in [-0.1, -0.05) is 0 Å². The number of esters is 1. The van der Waals surface area contributed by atoms with Gasteiger partial charge >= 0.3 is 5.97 Å². The van der Waals surface area contributed by atoms with Crippen molar-refractivity contribution in [3.63, 3.8) is 0 Å². The van der Waals surface area contributed by atoms with Crippen LogP contribution in [0.5, 0.6) is 0 Å². The number of carbonyl (C=O) groups excluding carboxylic acids is 1. The molecule has 0 atom stereocenters. The lowest BCUT2D eigenvalue weighted by molar-refractivity contribution is -0.143. The second-order valence-corrected chi connectivity index (χ2v) is 4.85. The van der Waals surface area contributed by atoms with Gasteiger partial charge in [0.25, 0.3) is 0 Å². The number of halogens is 2. The largest absolute Gasteiger partial charge is 0.465 e. The summed E-state index contributed by atoms with van der Waals surface area (Å²) in [6, 6.07) is 2.91. The normalized spacial score (nSPS) is 10.8. The third kappa shape index (κ3) is 2.46. The van der Waals surface area contributed by atoms with Gasteiger partial charge in [-0.15, -0.1) is 0 Å². The molecule has 1 N–H and O–H groups in total. The number of carbonyl (C=O) groups is 1. The third-order valence-electron chi connectivity index (χ3n) is 2.41. The topological polar surface area (TPSA) is 47.0 Å². The quantitative estimate of drug-likeness (QED) is 0.693. The molecule has 0 bridgehead atoms. The van der Waals surface area contributed by atoms with Crippen LogP contribution in [0.25, 0.3) is 11.0 Å². The molecule has 0 unspecified atom stereocenters. The number of aromatic amines is 1. The van der Waals surface area contributed by atoms with Crippen molar-refractivity contribution in [2.24, 2.45) is 0 Å². The Morgan fingerprint density at radius 2 is 2.33 bits per heavy atom. The molecule has 0 aliphatic heterocycles. The van der Waals surface area contributed by atoms with E-state index in [4.69, 9.17) is 17.0 Å². The van der Waals surface area contributed by atoms with Crippen LogP contribution in [0.15, 0.2) is 16.6 Å². The molecule has 7 heteroatoms. The minimum atomic E-state index is -0.387. The fourth-order valence-electron chi connectivity index (χ4n) is 1.64. The minimum absolute atomic E-state index is 0.00471. The summed E-state index contributed by atoms with van der Waals surface area (Å²) in [7, 11) is 0. The Labute approximate surface area is 116 Å². The summed E-state index contributed by atoms with van der Waals surface area (Å²) in [6.45, 7) is 2.05. The summed E-state index contributed by atoms with van der Waals surface area (Å²) in [5.41, 5.74) is 1.20. The Balaban J connectivity index is 2.50. The van der Waals surface area contributed by atoms with Gasteiger partial charge < -0.3 is 14.3 Å². The molecule has 0 aliphatic carbocycles. The summed E-state index contributed by atoms with van der Waals surface area (Å²) in [6.07, 6.45) is 0. The van der Waals surface area contributed by atoms with E-state index in [0.29, 0.717) is 26.9 Å². The number of ether oxygens (including phenoxy) is 1. The van der Waals surface area contributed by atoms with E-state index in [2.05, 4.69) is 20.9 Å². The summed E-state index contributed by atoms with van der Waals surface area (Å²) in [5, 5.41) is 0. The lowest BCUT2D eigenvalue weighted by Crippen LogP contribution is -2.13. The highest BCUT2D eigenvalue weighted by atomic mass is 79.9. The van der Waals surface area contributed by atoms with Crippen LogP contribution in [0.1, 0.15) is 6.92 Å². The summed E-state index contributed by atoms with van der Waals surface area (Å²) >= 11 is 8.21. The van der Waals surface area contributed by atoms with Gasteiger partial charge in [-0.05, 0) is 41.1 Å². The standard InChI is InChI=1S/C11H10BrFN2O2S/c1-2-17-10(16)5-15-9-3-6(12)7(13)4-8(9)14-11(15)18/h3-4H,2,5H2,1H3,(H,14,18). The van der Waals surface area contributed by atoms with Gasteiger partial charge in [-0.2, -0.15) is 0 Å². The molecule has 0 fully saturated rings. The molecule has 1 heterocycles. The molecule has 0 saturated heterocycles. The maximum atomic E-state index is 13.4. The number of H-pyrrole nitrogens is 1. The Morgan fingerprint density at radius 3 is 3.00 bits per heavy atom.